The van der Waals surface area contributed by atoms with Gasteiger partial charge in [-0.3, -0.25) is 4.79 Å². The summed E-state index contributed by atoms with van der Waals surface area (Å²) < 4.78 is 35.1. The second-order valence-electron chi connectivity index (χ2n) is 12.1. The number of esters is 2. The average Bonchev–Trinajstić information content (AvgIpc) is 3.51. The van der Waals surface area contributed by atoms with E-state index in [1.54, 1.807) is 12.3 Å². The molecule has 12 heteroatoms. The van der Waals surface area contributed by atoms with Crippen LogP contribution in [0.25, 0.3) is 0 Å². The van der Waals surface area contributed by atoms with Crippen LogP contribution in [0, 0.1) is 22.7 Å². The second kappa shape index (κ2) is 8.00. The number of carbonyl (C=O) groups is 2. The van der Waals surface area contributed by atoms with E-state index < -0.39 is 90.0 Å². The quantitative estimate of drug-likeness (QED) is 0.289. The van der Waals surface area contributed by atoms with E-state index in [0.717, 1.165) is 5.56 Å². The summed E-state index contributed by atoms with van der Waals surface area (Å²) >= 11 is 0. The largest absolute Gasteiger partial charge is 0.472 e. The van der Waals surface area contributed by atoms with Gasteiger partial charge in [-0.25, -0.2) is 4.79 Å². The fourth-order valence-corrected chi connectivity index (χ4v) is 8.50. The monoisotopic (exact) mass is 536 g/mol. The molecule has 7 fully saturated rings. The van der Waals surface area contributed by atoms with Gasteiger partial charge >= 0.3 is 11.9 Å². The summed E-state index contributed by atoms with van der Waals surface area (Å²) in [5.74, 6) is -1.74. The van der Waals surface area contributed by atoms with Crippen LogP contribution < -0.4 is 0 Å². The first-order chi connectivity index (χ1) is 18.1. The summed E-state index contributed by atoms with van der Waals surface area (Å²) in [5, 5.41) is 41.0. The molecule has 0 unspecified atom stereocenters. The Morgan fingerprint density at radius 2 is 1.84 bits per heavy atom. The number of rotatable bonds is 4. The van der Waals surface area contributed by atoms with Crippen molar-refractivity contribution in [1.82, 2.24) is 0 Å². The van der Waals surface area contributed by atoms with Crippen molar-refractivity contribution >= 4 is 11.9 Å². The standard InChI is InChI=1S/C26H32O12/c1-24-7-12(10-4-6-33-9-10)34-21(31)11(24)3-5-25(2)19(24)17-18-20(36-18)26(25,23(32)37-17)38-22-16(30)15(29)14(28)13(8-27)35-22/h4,6,9,11-20,22,27-30H,3,5,7-8H2,1-2H3/t11-,12-,13-,14-,15-,16-,17+,18+,19+,20+,22+,24-,25-,26-/m1/s1. The molecule has 0 spiro atoms. The number of aliphatic hydroxyl groups is 4. The molecule has 14 atom stereocenters. The van der Waals surface area contributed by atoms with E-state index in [-0.39, 0.29) is 11.9 Å². The number of hydrogen-bond donors (Lipinski definition) is 4. The maximum atomic E-state index is 13.7. The Balaban J connectivity index is 1.29. The van der Waals surface area contributed by atoms with Crippen LogP contribution in [0.1, 0.15) is 44.8 Å². The minimum Gasteiger partial charge on any atom is -0.472 e. The van der Waals surface area contributed by atoms with E-state index in [4.69, 9.17) is 28.1 Å². The van der Waals surface area contributed by atoms with Gasteiger partial charge in [0.05, 0.1) is 25.1 Å². The van der Waals surface area contributed by atoms with Crippen LogP contribution in [0.2, 0.25) is 0 Å². The van der Waals surface area contributed by atoms with Crippen LogP contribution in [0.15, 0.2) is 23.0 Å². The molecule has 12 nitrogen and oxygen atoms in total. The van der Waals surface area contributed by atoms with Crippen LogP contribution in [-0.4, -0.2) is 93.6 Å². The van der Waals surface area contributed by atoms with Crippen LogP contribution >= 0.6 is 0 Å². The molecule has 1 aromatic rings. The second-order valence-corrected chi connectivity index (χ2v) is 12.1. The predicted molar refractivity (Wildman–Crippen MR) is 121 cm³/mol. The summed E-state index contributed by atoms with van der Waals surface area (Å²) in [4.78, 5) is 27.0. The molecule has 2 bridgehead atoms. The molecule has 5 aliphatic heterocycles. The SMILES string of the molecule is C[C@@]12C[C@H](c3ccoc3)OC(=O)[C@H]1CC[C@]1(C)[C@H]2[C@H]2OC(=O)[C@]1(O[C@@H]1O[C@H](CO)[C@@H](O)[C@@H](O)[C@H]1O)[C@H]1O[C@@H]21. The highest BCUT2D eigenvalue weighted by Gasteiger charge is 2.86. The third-order valence-corrected chi connectivity index (χ3v) is 10.4. The lowest BCUT2D eigenvalue weighted by Crippen LogP contribution is -2.79. The van der Waals surface area contributed by atoms with E-state index in [2.05, 4.69) is 0 Å². The Morgan fingerprint density at radius 1 is 1.05 bits per heavy atom. The van der Waals surface area contributed by atoms with Crippen LogP contribution in [0.3, 0.4) is 0 Å². The van der Waals surface area contributed by atoms with Crippen LogP contribution in [-0.2, 0) is 33.3 Å². The van der Waals surface area contributed by atoms with Crippen molar-refractivity contribution in [3.05, 3.63) is 24.2 Å². The lowest BCUT2D eigenvalue weighted by Gasteiger charge is -2.67. The van der Waals surface area contributed by atoms with Crippen molar-refractivity contribution in [3.63, 3.8) is 0 Å². The zero-order chi connectivity index (χ0) is 26.8. The number of carbonyl (C=O) groups excluding carboxylic acids is 2. The number of cyclic esters (lactones) is 1. The molecule has 2 saturated carbocycles. The van der Waals surface area contributed by atoms with Gasteiger partial charge in [-0.1, -0.05) is 13.8 Å². The highest BCUT2D eigenvalue weighted by Crippen LogP contribution is 2.73. The summed E-state index contributed by atoms with van der Waals surface area (Å²) in [5.41, 5.74) is -2.51. The molecular formula is C26H32O12. The van der Waals surface area contributed by atoms with Gasteiger partial charge in [0.25, 0.3) is 0 Å². The summed E-state index contributed by atoms with van der Waals surface area (Å²) in [6.45, 7) is 3.33. The van der Waals surface area contributed by atoms with E-state index in [1.165, 1.54) is 6.26 Å². The smallest absolute Gasteiger partial charge is 0.342 e. The van der Waals surface area contributed by atoms with E-state index in [9.17, 15) is 30.0 Å². The Labute approximate surface area is 217 Å². The highest BCUT2D eigenvalue weighted by atomic mass is 16.8. The fourth-order valence-electron chi connectivity index (χ4n) is 8.50. The molecular weight excluding hydrogens is 504 g/mol. The minimum absolute atomic E-state index is 0.308. The minimum atomic E-state index is -1.70. The van der Waals surface area contributed by atoms with Crippen molar-refractivity contribution in [2.75, 3.05) is 6.61 Å². The molecule has 38 heavy (non-hydrogen) atoms. The van der Waals surface area contributed by atoms with Crippen molar-refractivity contribution in [2.24, 2.45) is 22.7 Å². The molecule has 4 N–H and O–H groups in total. The maximum absolute atomic E-state index is 13.7. The van der Waals surface area contributed by atoms with Gasteiger partial charge in [-0.15, -0.1) is 0 Å². The number of aliphatic hydroxyl groups excluding tert-OH is 4. The summed E-state index contributed by atoms with van der Waals surface area (Å²) in [7, 11) is 0. The van der Waals surface area contributed by atoms with Gasteiger partial charge in [-0.2, -0.15) is 0 Å². The lowest BCUT2D eigenvalue weighted by molar-refractivity contribution is -0.365. The molecule has 1 aromatic heterocycles. The molecule has 0 radical (unpaired) electrons. The lowest BCUT2D eigenvalue weighted by atomic mass is 9.41. The molecule has 0 amide bonds. The van der Waals surface area contributed by atoms with Crippen molar-refractivity contribution in [2.45, 2.75) is 93.8 Å². The normalized spacial score (nSPS) is 54.8. The maximum Gasteiger partial charge on any atom is 0.342 e. The number of epoxide rings is 1. The number of ether oxygens (including phenoxy) is 5. The van der Waals surface area contributed by atoms with Crippen LogP contribution in [0.5, 0.6) is 0 Å². The highest BCUT2D eigenvalue weighted by molar-refractivity contribution is 5.86. The molecule has 6 heterocycles. The topological polar surface area (TPSA) is 178 Å². The van der Waals surface area contributed by atoms with E-state index in [0.29, 0.717) is 19.3 Å². The third-order valence-electron chi connectivity index (χ3n) is 10.4. The van der Waals surface area contributed by atoms with Gasteiger partial charge in [0.15, 0.2) is 6.29 Å². The average molecular weight is 537 g/mol. The van der Waals surface area contributed by atoms with Crippen molar-refractivity contribution in [1.29, 1.82) is 0 Å². The first-order valence-corrected chi connectivity index (χ1v) is 13.1. The van der Waals surface area contributed by atoms with Gasteiger partial charge in [0, 0.05) is 16.9 Å². The summed E-state index contributed by atoms with van der Waals surface area (Å²) in [6, 6.07) is 1.76. The van der Waals surface area contributed by atoms with E-state index >= 15 is 0 Å². The molecule has 8 rings (SSSR count). The van der Waals surface area contributed by atoms with Crippen molar-refractivity contribution < 1.29 is 58.1 Å². The zero-order valence-electron chi connectivity index (χ0n) is 21.0. The first-order valence-electron chi connectivity index (χ1n) is 13.1. The third kappa shape index (κ3) is 2.94. The molecule has 5 saturated heterocycles. The van der Waals surface area contributed by atoms with Gasteiger partial charge in [0.1, 0.15) is 48.8 Å². The Kier molecular flexibility index (Phi) is 5.25. The molecule has 7 aliphatic rings. The summed E-state index contributed by atoms with van der Waals surface area (Å²) in [6.07, 6.45) is -5.53. The first kappa shape index (κ1) is 24.9. The molecule has 208 valence electrons. The molecule has 0 aromatic carbocycles. The zero-order valence-corrected chi connectivity index (χ0v) is 21.0. The number of furan rings is 1. The van der Waals surface area contributed by atoms with Crippen molar-refractivity contribution in [3.8, 4) is 0 Å². The fraction of sp³-hybridized carbons (Fsp3) is 0.769. The van der Waals surface area contributed by atoms with Crippen LogP contribution in [0.4, 0.5) is 0 Å². The number of fused-ring (bicyclic) bond motifs is 2. The molecule has 2 aliphatic carbocycles. The Morgan fingerprint density at radius 3 is 2.55 bits per heavy atom. The number of hydrogen-bond acceptors (Lipinski definition) is 12. The van der Waals surface area contributed by atoms with Gasteiger partial charge in [-0.05, 0) is 30.7 Å². The Hall–Kier alpha value is -2.06. The van der Waals surface area contributed by atoms with E-state index in [1.807, 2.05) is 13.8 Å². The predicted octanol–water partition coefficient (Wildman–Crippen LogP) is -0.432. The Bertz CT molecular complexity index is 1140. The van der Waals surface area contributed by atoms with Gasteiger partial charge < -0.3 is 48.5 Å². The van der Waals surface area contributed by atoms with Gasteiger partial charge in [0.2, 0.25) is 5.60 Å².